The minimum absolute atomic E-state index is 0.00958. The maximum Gasteiger partial charge on any atom is 0.416 e. The van der Waals surface area contributed by atoms with E-state index in [2.05, 4.69) is 0 Å². The van der Waals surface area contributed by atoms with E-state index < -0.39 is 29.1 Å². The van der Waals surface area contributed by atoms with Crippen LogP contribution < -0.4 is 10.3 Å². The van der Waals surface area contributed by atoms with E-state index in [9.17, 15) is 22.8 Å². The molecule has 160 valence electrons. The van der Waals surface area contributed by atoms with Gasteiger partial charge in [-0.05, 0) is 48.0 Å². The first kappa shape index (κ1) is 20.3. The molecule has 3 aromatic carbocycles. The van der Waals surface area contributed by atoms with Crippen LogP contribution in [0.4, 0.5) is 18.9 Å². The number of carbonyl (C=O) groups is 1. The molecule has 8 heteroatoms. The van der Waals surface area contributed by atoms with Crippen molar-refractivity contribution in [3.05, 3.63) is 110 Å². The maximum absolute atomic E-state index is 13.4. The van der Waals surface area contributed by atoms with Crippen molar-refractivity contribution in [3.8, 4) is 0 Å². The number of hydrogen-bond acceptors (Lipinski definition) is 3. The van der Waals surface area contributed by atoms with Gasteiger partial charge in [0, 0.05) is 10.7 Å². The molecule has 0 bridgehead atoms. The number of amides is 1. The topological polar surface area (TPSA) is 50.5 Å². The van der Waals surface area contributed by atoms with Crippen molar-refractivity contribution in [2.45, 2.75) is 12.2 Å². The zero-order valence-electron chi connectivity index (χ0n) is 16.2. The van der Waals surface area contributed by atoms with Crippen molar-refractivity contribution < 1.29 is 22.4 Å². The van der Waals surface area contributed by atoms with Crippen molar-refractivity contribution in [3.63, 3.8) is 0 Å². The second-order valence-electron chi connectivity index (χ2n) is 7.35. The van der Waals surface area contributed by atoms with Gasteiger partial charge in [-0.3, -0.25) is 14.5 Å². The third-order valence-corrected chi connectivity index (χ3v) is 5.63. The van der Waals surface area contributed by atoms with Gasteiger partial charge in [-0.25, -0.2) is 0 Å². The number of alkyl halides is 3. The predicted molar refractivity (Wildman–Crippen MR) is 114 cm³/mol. The van der Waals surface area contributed by atoms with E-state index in [0.29, 0.717) is 10.6 Å². The van der Waals surface area contributed by atoms with Gasteiger partial charge in [0.15, 0.2) is 5.43 Å². The van der Waals surface area contributed by atoms with Crippen LogP contribution in [0.15, 0.2) is 82.0 Å². The Kier molecular flexibility index (Phi) is 4.60. The molecule has 0 N–H and O–H groups in total. The second kappa shape index (κ2) is 7.24. The van der Waals surface area contributed by atoms with Crippen LogP contribution in [0.2, 0.25) is 5.02 Å². The SMILES string of the molecule is O=C1c2oc3ccccc3c(=O)c2C(c2cccc(Cl)c2)N1c1cccc(C(F)(F)F)c1. The predicted octanol–water partition coefficient (Wildman–Crippen LogP) is 6.22. The monoisotopic (exact) mass is 455 g/mol. The highest BCUT2D eigenvalue weighted by Gasteiger charge is 2.44. The van der Waals surface area contributed by atoms with Crippen molar-refractivity contribution in [1.82, 2.24) is 0 Å². The number of hydrogen-bond donors (Lipinski definition) is 0. The Morgan fingerprint density at radius 3 is 2.41 bits per heavy atom. The van der Waals surface area contributed by atoms with Crippen LogP contribution in [0, 0.1) is 0 Å². The van der Waals surface area contributed by atoms with Crippen molar-refractivity contribution in [2.75, 3.05) is 4.90 Å². The van der Waals surface area contributed by atoms with Gasteiger partial charge in [-0.15, -0.1) is 0 Å². The van der Waals surface area contributed by atoms with E-state index in [4.69, 9.17) is 16.0 Å². The number of fused-ring (bicyclic) bond motifs is 2. The molecule has 5 rings (SSSR count). The van der Waals surface area contributed by atoms with Gasteiger partial charge in [0.25, 0.3) is 5.91 Å². The summed E-state index contributed by atoms with van der Waals surface area (Å²) in [7, 11) is 0. The first-order valence-corrected chi connectivity index (χ1v) is 9.95. The summed E-state index contributed by atoms with van der Waals surface area (Å²) in [6, 6.07) is 16.4. The molecule has 1 atom stereocenters. The van der Waals surface area contributed by atoms with E-state index in [1.165, 1.54) is 12.1 Å². The molecule has 1 unspecified atom stereocenters. The van der Waals surface area contributed by atoms with Crippen LogP contribution in [0.25, 0.3) is 11.0 Å². The fourth-order valence-corrected chi connectivity index (χ4v) is 4.21. The first-order chi connectivity index (χ1) is 15.3. The highest BCUT2D eigenvalue weighted by atomic mass is 35.5. The summed E-state index contributed by atoms with van der Waals surface area (Å²) >= 11 is 6.15. The molecule has 2 heterocycles. The van der Waals surface area contributed by atoms with Gasteiger partial charge in [-0.2, -0.15) is 13.2 Å². The molecule has 0 aliphatic carbocycles. The summed E-state index contributed by atoms with van der Waals surface area (Å²) < 4.78 is 45.8. The Bertz CT molecular complexity index is 1440. The zero-order chi connectivity index (χ0) is 22.6. The molecule has 32 heavy (non-hydrogen) atoms. The summed E-state index contributed by atoms with van der Waals surface area (Å²) in [5, 5.41) is 0.634. The molecule has 1 amide bonds. The fraction of sp³-hybridized carbons (Fsp3) is 0.0833. The highest BCUT2D eigenvalue weighted by Crippen LogP contribution is 2.43. The number of carbonyl (C=O) groups excluding carboxylic acids is 1. The Labute approximate surface area is 184 Å². The minimum atomic E-state index is -4.60. The quantitative estimate of drug-likeness (QED) is 0.361. The van der Waals surface area contributed by atoms with E-state index >= 15 is 0 Å². The van der Waals surface area contributed by atoms with Crippen LogP contribution >= 0.6 is 11.6 Å². The fourth-order valence-electron chi connectivity index (χ4n) is 4.01. The summed E-state index contributed by atoms with van der Waals surface area (Å²) in [5.74, 6) is -0.900. The molecule has 0 saturated carbocycles. The van der Waals surface area contributed by atoms with Crippen LogP contribution in [0.5, 0.6) is 0 Å². The Hall–Kier alpha value is -3.58. The largest absolute Gasteiger partial charge is 0.450 e. The normalized spacial score (nSPS) is 15.9. The Morgan fingerprint density at radius 2 is 1.66 bits per heavy atom. The van der Waals surface area contributed by atoms with Gasteiger partial charge >= 0.3 is 6.18 Å². The third kappa shape index (κ3) is 3.17. The average molecular weight is 456 g/mol. The van der Waals surface area contributed by atoms with Crippen molar-refractivity contribution in [1.29, 1.82) is 0 Å². The molecular weight excluding hydrogens is 443 g/mol. The Balaban J connectivity index is 1.80. The number of benzene rings is 3. The zero-order valence-corrected chi connectivity index (χ0v) is 16.9. The van der Waals surface area contributed by atoms with E-state index in [0.717, 1.165) is 17.0 Å². The molecule has 1 aliphatic heterocycles. The third-order valence-electron chi connectivity index (χ3n) is 5.39. The minimum Gasteiger partial charge on any atom is -0.450 e. The van der Waals surface area contributed by atoms with E-state index in [-0.39, 0.29) is 28.0 Å². The van der Waals surface area contributed by atoms with Gasteiger partial charge < -0.3 is 4.42 Å². The van der Waals surface area contributed by atoms with Gasteiger partial charge in [0.2, 0.25) is 5.76 Å². The maximum atomic E-state index is 13.4. The average Bonchev–Trinajstić information content (AvgIpc) is 3.06. The molecule has 4 aromatic rings. The number of halogens is 4. The van der Waals surface area contributed by atoms with Gasteiger partial charge in [-0.1, -0.05) is 41.9 Å². The first-order valence-electron chi connectivity index (χ1n) is 9.58. The van der Waals surface area contributed by atoms with E-state index in [1.807, 2.05) is 0 Å². The molecule has 1 aromatic heterocycles. The van der Waals surface area contributed by atoms with Crippen LogP contribution in [0.1, 0.15) is 33.3 Å². The molecule has 4 nitrogen and oxygen atoms in total. The lowest BCUT2D eigenvalue weighted by Crippen LogP contribution is -2.29. The molecule has 0 fully saturated rings. The van der Waals surface area contributed by atoms with Crippen LogP contribution in [-0.2, 0) is 6.18 Å². The second-order valence-corrected chi connectivity index (χ2v) is 7.79. The summed E-state index contributed by atoms with van der Waals surface area (Å²) in [6.07, 6.45) is -4.60. The Morgan fingerprint density at radius 1 is 0.906 bits per heavy atom. The van der Waals surface area contributed by atoms with Crippen LogP contribution in [-0.4, -0.2) is 5.91 Å². The van der Waals surface area contributed by atoms with Crippen molar-refractivity contribution >= 4 is 34.2 Å². The lowest BCUT2D eigenvalue weighted by atomic mass is 9.98. The molecule has 0 spiro atoms. The number of para-hydroxylation sites is 1. The van der Waals surface area contributed by atoms with Gasteiger partial charge in [0.1, 0.15) is 5.58 Å². The standard InChI is InChI=1S/C24H13ClF3NO3/c25-15-7-3-5-13(11-15)20-19-21(30)17-9-1-2-10-18(17)32-22(19)23(31)29(20)16-8-4-6-14(12-16)24(26,27)28/h1-12,20H. The number of rotatable bonds is 2. The van der Waals surface area contributed by atoms with Crippen molar-refractivity contribution in [2.24, 2.45) is 0 Å². The molecule has 0 radical (unpaired) electrons. The summed E-state index contributed by atoms with van der Waals surface area (Å²) in [6.45, 7) is 0. The lowest BCUT2D eigenvalue weighted by molar-refractivity contribution is -0.137. The summed E-state index contributed by atoms with van der Waals surface area (Å²) in [4.78, 5) is 27.9. The number of nitrogens with zero attached hydrogens (tertiary/aromatic N) is 1. The van der Waals surface area contributed by atoms with Crippen LogP contribution in [0.3, 0.4) is 0 Å². The molecule has 1 aliphatic rings. The van der Waals surface area contributed by atoms with E-state index in [1.54, 1.807) is 48.5 Å². The summed E-state index contributed by atoms with van der Waals surface area (Å²) in [5.41, 5.74) is -0.578. The van der Waals surface area contributed by atoms with Gasteiger partial charge in [0.05, 0.1) is 22.6 Å². The highest BCUT2D eigenvalue weighted by molar-refractivity contribution is 6.30. The number of anilines is 1. The molecular formula is C24H13ClF3NO3. The smallest absolute Gasteiger partial charge is 0.416 e. The lowest BCUT2D eigenvalue weighted by Gasteiger charge is -2.26. The molecule has 0 saturated heterocycles.